The van der Waals surface area contributed by atoms with Gasteiger partial charge >= 0.3 is 0 Å². The molecule has 4 heteroatoms. The molecule has 3 rings (SSSR count). The number of amides is 1. The van der Waals surface area contributed by atoms with Crippen LogP contribution in [0, 0.1) is 5.41 Å². The van der Waals surface area contributed by atoms with Crippen LogP contribution in [-0.4, -0.2) is 44.6 Å². The van der Waals surface area contributed by atoms with Crippen LogP contribution >= 0.6 is 0 Å². The molecule has 0 aromatic heterocycles. The van der Waals surface area contributed by atoms with Gasteiger partial charge in [0.15, 0.2) is 0 Å². The first-order valence-electron chi connectivity index (χ1n) is 7.27. The highest BCUT2D eigenvalue weighted by atomic mass is 16.5. The van der Waals surface area contributed by atoms with E-state index in [0.29, 0.717) is 11.8 Å². The second-order valence-electron chi connectivity index (χ2n) is 5.92. The molecule has 0 aliphatic carbocycles. The Balaban J connectivity index is 1.95. The number of hydrogen-bond donors (Lipinski definition) is 1. The minimum Gasteiger partial charge on any atom is -0.497 e. The van der Waals surface area contributed by atoms with Gasteiger partial charge in [-0.2, -0.15) is 0 Å². The fourth-order valence-corrected chi connectivity index (χ4v) is 3.76. The van der Waals surface area contributed by atoms with Crippen LogP contribution in [0.5, 0.6) is 5.75 Å². The Bertz CT molecular complexity index is 492. The Morgan fingerprint density at radius 2 is 1.90 bits per heavy atom. The third-order valence-electron chi connectivity index (χ3n) is 4.91. The van der Waals surface area contributed by atoms with E-state index in [0.717, 1.165) is 38.2 Å². The summed E-state index contributed by atoms with van der Waals surface area (Å²) in [6, 6.07) is 8.21. The summed E-state index contributed by atoms with van der Waals surface area (Å²) in [7, 11) is 3.60. The number of hydrogen-bond acceptors (Lipinski definition) is 3. The predicted molar refractivity (Wildman–Crippen MR) is 77.9 cm³/mol. The standard InChI is InChI=1S/C16H22N2O2/c1-18-11-14(12-3-5-13(20-2)6-4-12)16(15(18)19)7-9-17-10-8-16/h3-6,14,17H,7-11H2,1-2H3. The molecule has 108 valence electrons. The second-order valence-corrected chi connectivity index (χ2v) is 5.92. The van der Waals surface area contributed by atoms with E-state index in [1.54, 1.807) is 7.11 Å². The van der Waals surface area contributed by atoms with Gasteiger partial charge in [-0.3, -0.25) is 4.79 Å². The zero-order valence-electron chi connectivity index (χ0n) is 12.2. The first kappa shape index (κ1) is 13.4. The van der Waals surface area contributed by atoms with Gasteiger partial charge in [0.25, 0.3) is 0 Å². The van der Waals surface area contributed by atoms with Crippen LogP contribution in [0.4, 0.5) is 0 Å². The summed E-state index contributed by atoms with van der Waals surface area (Å²) in [6.07, 6.45) is 1.87. The molecule has 0 saturated carbocycles. The number of ether oxygens (including phenoxy) is 1. The molecule has 20 heavy (non-hydrogen) atoms. The van der Waals surface area contributed by atoms with E-state index in [1.807, 2.05) is 24.1 Å². The van der Waals surface area contributed by atoms with Crippen molar-refractivity contribution in [1.29, 1.82) is 0 Å². The summed E-state index contributed by atoms with van der Waals surface area (Å²) in [5.74, 6) is 1.48. The molecule has 1 unspecified atom stereocenters. The van der Waals surface area contributed by atoms with Gasteiger partial charge in [-0.1, -0.05) is 12.1 Å². The molecule has 2 fully saturated rings. The molecule has 0 radical (unpaired) electrons. The molecule has 1 aromatic rings. The number of nitrogens with one attached hydrogen (secondary N) is 1. The van der Waals surface area contributed by atoms with E-state index in [1.165, 1.54) is 5.56 Å². The number of piperidine rings is 1. The monoisotopic (exact) mass is 274 g/mol. The summed E-state index contributed by atoms with van der Waals surface area (Å²) in [5, 5.41) is 3.37. The topological polar surface area (TPSA) is 41.6 Å². The van der Waals surface area contributed by atoms with E-state index in [2.05, 4.69) is 17.4 Å². The van der Waals surface area contributed by atoms with Crippen LogP contribution in [0.25, 0.3) is 0 Å². The number of methoxy groups -OCH3 is 1. The first-order chi connectivity index (χ1) is 9.67. The number of carbonyl (C=O) groups is 1. The first-order valence-corrected chi connectivity index (χ1v) is 7.27. The smallest absolute Gasteiger partial charge is 0.229 e. The lowest BCUT2D eigenvalue weighted by molar-refractivity contribution is -0.136. The maximum absolute atomic E-state index is 12.7. The number of benzene rings is 1. The van der Waals surface area contributed by atoms with E-state index in [4.69, 9.17) is 4.74 Å². The number of likely N-dealkylation sites (N-methyl/N-ethyl adjacent to an activating group) is 1. The summed E-state index contributed by atoms with van der Waals surface area (Å²) in [6.45, 7) is 2.70. The molecular formula is C16H22N2O2. The molecule has 2 aliphatic rings. The number of nitrogens with zero attached hydrogens (tertiary/aromatic N) is 1. The third kappa shape index (κ3) is 1.99. The molecule has 1 spiro atoms. The summed E-state index contributed by atoms with van der Waals surface area (Å²) in [4.78, 5) is 14.6. The molecule has 0 bridgehead atoms. The average molecular weight is 274 g/mol. The highest BCUT2D eigenvalue weighted by Gasteiger charge is 2.53. The molecule has 2 heterocycles. The van der Waals surface area contributed by atoms with Crippen LogP contribution in [-0.2, 0) is 4.79 Å². The fourth-order valence-electron chi connectivity index (χ4n) is 3.76. The Labute approximate surface area is 120 Å². The van der Waals surface area contributed by atoms with Crippen LogP contribution < -0.4 is 10.1 Å². The average Bonchev–Trinajstić information content (AvgIpc) is 2.74. The van der Waals surface area contributed by atoms with Crippen molar-refractivity contribution in [2.24, 2.45) is 5.41 Å². The molecule has 1 amide bonds. The minimum absolute atomic E-state index is 0.200. The van der Waals surface area contributed by atoms with Crippen LogP contribution in [0.1, 0.15) is 24.3 Å². The maximum Gasteiger partial charge on any atom is 0.229 e. The quantitative estimate of drug-likeness (QED) is 0.891. The lowest BCUT2D eigenvalue weighted by Gasteiger charge is -2.36. The van der Waals surface area contributed by atoms with E-state index in [9.17, 15) is 4.79 Å². The van der Waals surface area contributed by atoms with E-state index in [-0.39, 0.29) is 5.41 Å². The molecule has 1 aromatic carbocycles. The zero-order valence-corrected chi connectivity index (χ0v) is 12.2. The zero-order chi connectivity index (χ0) is 14.2. The van der Waals surface area contributed by atoms with Crippen LogP contribution in [0.3, 0.4) is 0 Å². The molecule has 2 aliphatic heterocycles. The van der Waals surface area contributed by atoms with Gasteiger partial charge in [-0.25, -0.2) is 0 Å². The summed E-state index contributed by atoms with van der Waals surface area (Å²) >= 11 is 0. The predicted octanol–water partition coefficient (Wildman–Crippen LogP) is 1.62. The Hall–Kier alpha value is -1.55. The van der Waals surface area contributed by atoms with Crippen LogP contribution in [0.15, 0.2) is 24.3 Å². The van der Waals surface area contributed by atoms with Gasteiger partial charge in [0, 0.05) is 19.5 Å². The lowest BCUT2D eigenvalue weighted by atomic mass is 9.68. The number of carbonyl (C=O) groups excluding carboxylic acids is 1. The SMILES string of the molecule is COc1ccc(C2CN(C)C(=O)C23CCNCC3)cc1. The van der Waals surface area contributed by atoms with Crippen molar-refractivity contribution in [1.82, 2.24) is 10.2 Å². The van der Waals surface area contributed by atoms with Gasteiger partial charge in [0.1, 0.15) is 5.75 Å². The molecule has 1 atom stereocenters. The maximum atomic E-state index is 12.7. The van der Waals surface area contributed by atoms with Crippen molar-refractivity contribution < 1.29 is 9.53 Å². The molecule has 4 nitrogen and oxygen atoms in total. The fraction of sp³-hybridized carbons (Fsp3) is 0.562. The Morgan fingerprint density at radius 1 is 1.25 bits per heavy atom. The van der Waals surface area contributed by atoms with Gasteiger partial charge < -0.3 is 15.0 Å². The van der Waals surface area contributed by atoms with Crippen molar-refractivity contribution in [2.75, 3.05) is 33.8 Å². The second kappa shape index (κ2) is 5.09. The lowest BCUT2D eigenvalue weighted by Crippen LogP contribution is -2.44. The van der Waals surface area contributed by atoms with Gasteiger partial charge in [0.2, 0.25) is 5.91 Å². The van der Waals surface area contributed by atoms with Crippen LogP contribution in [0.2, 0.25) is 0 Å². The summed E-state index contributed by atoms with van der Waals surface area (Å²) < 4.78 is 5.22. The molecule has 1 N–H and O–H groups in total. The van der Waals surface area contributed by atoms with E-state index >= 15 is 0 Å². The van der Waals surface area contributed by atoms with Crippen molar-refractivity contribution in [3.63, 3.8) is 0 Å². The molecular weight excluding hydrogens is 252 g/mol. The van der Waals surface area contributed by atoms with Gasteiger partial charge in [0.05, 0.1) is 12.5 Å². The normalized spacial score (nSPS) is 25.2. The summed E-state index contributed by atoms with van der Waals surface area (Å²) in [5.41, 5.74) is 1.06. The number of rotatable bonds is 2. The Morgan fingerprint density at radius 3 is 2.50 bits per heavy atom. The Kier molecular flexibility index (Phi) is 3.42. The highest BCUT2D eigenvalue weighted by Crippen LogP contribution is 2.49. The van der Waals surface area contributed by atoms with Crippen molar-refractivity contribution in [2.45, 2.75) is 18.8 Å². The van der Waals surface area contributed by atoms with E-state index < -0.39 is 0 Å². The van der Waals surface area contributed by atoms with Crippen molar-refractivity contribution in [3.8, 4) is 5.75 Å². The van der Waals surface area contributed by atoms with Crippen molar-refractivity contribution >= 4 is 5.91 Å². The third-order valence-corrected chi connectivity index (χ3v) is 4.91. The highest BCUT2D eigenvalue weighted by molar-refractivity contribution is 5.86. The van der Waals surface area contributed by atoms with Crippen molar-refractivity contribution in [3.05, 3.63) is 29.8 Å². The number of likely N-dealkylation sites (tertiary alicyclic amines) is 1. The van der Waals surface area contributed by atoms with Gasteiger partial charge in [-0.05, 0) is 43.6 Å². The van der Waals surface area contributed by atoms with Gasteiger partial charge in [-0.15, -0.1) is 0 Å². The minimum atomic E-state index is -0.200. The largest absolute Gasteiger partial charge is 0.497 e. The molecule has 2 saturated heterocycles.